The lowest BCUT2D eigenvalue weighted by Gasteiger charge is -2.19. The van der Waals surface area contributed by atoms with Crippen molar-refractivity contribution in [2.75, 3.05) is 10.6 Å². The molecule has 2 amide bonds. The molecule has 4 N–H and O–H groups in total. The monoisotopic (exact) mass is 393 g/mol. The molecule has 0 aliphatic heterocycles. The number of rotatable bonds is 3. The van der Waals surface area contributed by atoms with Crippen molar-refractivity contribution in [1.82, 2.24) is 0 Å². The molecule has 0 saturated heterocycles. The van der Waals surface area contributed by atoms with E-state index in [1.165, 1.54) is 6.07 Å². The van der Waals surface area contributed by atoms with Gasteiger partial charge in [0.25, 0.3) is 0 Å². The fourth-order valence-corrected chi connectivity index (χ4v) is 2.47. The summed E-state index contributed by atoms with van der Waals surface area (Å²) in [6, 6.07) is 9.90. The van der Waals surface area contributed by atoms with Gasteiger partial charge in [0.1, 0.15) is 0 Å². The number of alkyl halides is 3. The van der Waals surface area contributed by atoms with E-state index in [1.807, 2.05) is 32.9 Å². The van der Waals surface area contributed by atoms with Crippen LogP contribution in [0, 0.1) is 0 Å². The van der Waals surface area contributed by atoms with Crippen LogP contribution in [0.1, 0.15) is 37.5 Å². The van der Waals surface area contributed by atoms with E-state index in [9.17, 15) is 22.8 Å². The number of benzene rings is 2. The van der Waals surface area contributed by atoms with Crippen LogP contribution in [0.15, 0.2) is 42.5 Å². The predicted octanol–water partition coefficient (Wildman–Crippen LogP) is 4.04. The number of hydrogen-bond acceptors (Lipinski definition) is 3. The maximum atomic E-state index is 13.0. The molecule has 0 aliphatic rings. The zero-order valence-corrected chi connectivity index (χ0v) is 15.8. The first kappa shape index (κ1) is 21.4. The van der Waals surface area contributed by atoms with Crippen LogP contribution in [-0.4, -0.2) is 11.8 Å². The van der Waals surface area contributed by atoms with Crippen LogP contribution in [0.2, 0.25) is 0 Å². The number of carbonyl (C=O) groups excluding carboxylic acids is 2. The zero-order chi connectivity index (χ0) is 21.1. The van der Waals surface area contributed by atoms with Gasteiger partial charge in [-0.25, -0.2) is 0 Å². The first-order valence-electron chi connectivity index (χ1n) is 8.54. The van der Waals surface area contributed by atoms with Gasteiger partial charge in [0.2, 0.25) is 0 Å². The maximum Gasteiger partial charge on any atom is 0.416 e. The summed E-state index contributed by atoms with van der Waals surface area (Å²) in [5.74, 6) is -2.07. The number of hydrogen-bond donors (Lipinski definition) is 3. The van der Waals surface area contributed by atoms with Crippen molar-refractivity contribution in [1.29, 1.82) is 0 Å². The first-order chi connectivity index (χ1) is 12.9. The lowest BCUT2D eigenvalue weighted by molar-refractivity contribution is -0.137. The Bertz CT molecular complexity index is 870. The Kier molecular flexibility index (Phi) is 6.14. The van der Waals surface area contributed by atoms with E-state index in [4.69, 9.17) is 5.73 Å². The molecule has 0 fully saturated rings. The second kappa shape index (κ2) is 8.02. The lowest BCUT2D eigenvalue weighted by atomic mass is 9.87. The molecule has 2 aromatic rings. The third-order valence-corrected chi connectivity index (χ3v) is 4.03. The van der Waals surface area contributed by atoms with Crippen LogP contribution in [0.25, 0.3) is 0 Å². The van der Waals surface area contributed by atoms with Crippen LogP contribution in [0.3, 0.4) is 0 Å². The molecule has 0 saturated carbocycles. The molecule has 0 bridgehead atoms. The van der Waals surface area contributed by atoms with Crippen LogP contribution >= 0.6 is 0 Å². The van der Waals surface area contributed by atoms with Crippen molar-refractivity contribution in [2.45, 2.75) is 38.9 Å². The minimum absolute atomic E-state index is 0.0654. The van der Waals surface area contributed by atoms with E-state index in [0.717, 1.165) is 17.7 Å². The van der Waals surface area contributed by atoms with Gasteiger partial charge in [0.15, 0.2) is 0 Å². The first-order valence-corrected chi connectivity index (χ1v) is 8.54. The smallest absolute Gasteiger partial charge is 0.326 e. The summed E-state index contributed by atoms with van der Waals surface area (Å²) >= 11 is 0. The van der Waals surface area contributed by atoms with Gasteiger partial charge in [-0.3, -0.25) is 9.59 Å². The maximum absolute atomic E-state index is 13.0. The number of carbonyl (C=O) groups is 2. The Morgan fingerprint density at radius 1 is 0.857 bits per heavy atom. The molecule has 0 heterocycles. The number of nitrogens with one attached hydrogen (secondary N) is 2. The highest BCUT2D eigenvalue weighted by atomic mass is 19.4. The minimum Gasteiger partial charge on any atom is -0.326 e. The molecule has 0 radical (unpaired) electrons. The SMILES string of the molecule is CC(C)(C)c1ccc(NC(=O)C(=O)Nc2cc(CN)cc(C(F)(F)F)c2)cc1. The molecule has 0 atom stereocenters. The second-order valence-corrected chi connectivity index (χ2v) is 7.36. The normalized spacial score (nSPS) is 11.8. The molecule has 2 aromatic carbocycles. The third-order valence-electron chi connectivity index (χ3n) is 4.03. The molecular formula is C20H22F3N3O2. The summed E-state index contributed by atoms with van der Waals surface area (Å²) in [5.41, 5.74) is 5.87. The lowest BCUT2D eigenvalue weighted by Crippen LogP contribution is -2.29. The van der Waals surface area contributed by atoms with E-state index in [2.05, 4.69) is 10.6 Å². The molecule has 0 spiro atoms. The highest BCUT2D eigenvalue weighted by molar-refractivity contribution is 6.43. The van der Waals surface area contributed by atoms with Crippen molar-refractivity contribution in [3.8, 4) is 0 Å². The van der Waals surface area contributed by atoms with Crippen molar-refractivity contribution >= 4 is 23.2 Å². The Labute approximate surface area is 161 Å². The van der Waals surface area contributed by atoms with Crippen LogP contribution in [0.4, 0.5) is 24.5 Å². The fourth-order valence-electron chi connectivity index (χ4n) is 2.47. The third kappa shape index (κ3) is 5.56. The number of halogens is 3. The quantitative estimate of drug-likeness (QED) is 0.688. The van der Waals surface area contributed by atoms with Crippen LogP contribution < -0.4 is 16.4 Å². The average Bonchev–Trinajstić information content (AvgIpc) is 2.60. The van der Waals surface area contributed by atoms with Gasteiger partial charge in [-0.05, 0) is 46.9 Å². The zero-order valence-electron chi connectivity index (χ0n) is 15.8. The van der Waals surface area contributed by atoms with Crippen LogP contribution in [-0.2, 0) is 27.7 Å². The minimum atomic E-state index is -4.60. The number of anilines is 2. The predicted molar refractivity (Wildman–Crippen MR) is 102 cm³/mol. The second-order valence-electron chi connectivity index (χ2n) is 7.36. The van der Waals surface area contributed by atoms with Gasteiger partial charge < -0.3 is 16.4 Å². The Hall–Kier alpha value is -2.87. The standard InChI is InChI=1S/C20H22F3N3O2/c1-19(2,3)13-4-6-15(7-5-13)25-17(27)18(28)26-16-9-12(11-24)8-14(10-16)20(21,22)23/h4-10H,11,24H2,1-3H3,(H,25,27)(H,26,28). The van der Waals surface area contributed by atoms with E-state index in [0.29, 0.717) is 5.69 Å². The van der Waals surface area contributed by atoms with Gasteiger partial charge in [-0.15, -0.1) is 0 Å². The summed E-state index contributed by atoms with van der Waals surface area (Å²) in [6.07, 6.45) is -4.60. The molecule has 8 heteroatoms. The molecule has 2 rings (SSSR count). The Morgan fingerprint density at radius 2 is 1.39 bits per heavy atom. The summed E-state index contributed by atoms with van der Waals surface area (Å²) in [4.78, 5) is 24.1. The largest absolute Gasteiger partial charge is 0.416 e. The van der Waals surface area contributed by atoms with Gasteiger partial charge in [0, 0.05) is 17.9 Å². The van der Waals surface area contributed by atoms with Gasteiger partial charge >= 0.3 is 18.0 Å². The molecule has 0 aromatic heterocycles. The van der Waals surface area contributed by atoms with Gasteiger partial charge in [-0.1, -0.05) is 32.9 Å². The molecule has 0 aliphatic carbocycles. The Balaban J connectivity index is 2.11. The summed E-state index contributed by atoms with van der Waals surface area (Å²) in [6.45, 7) is 5.98. The summed E-state index contributed by atoms with van der Waals surface area (Å²) in [7, 11) is 0. The molecule has 28 heavy (non-hydrogen) atoms. The van der Waals surface area contributed by atoms with Crippen molar-refractivity contribution in [3.63, 3.8) is 0 Å². The average molecular weight is 393 g/mol. The topological polar surface area (TPSA) is 84.2 Å². The van der Waals surface area contributed by atoms with Crippen molar-refractivity contribution in [3.05, 3.63) is 59.2 Å². The van der Waals surface area contributed by atoms with E-state index < -0.39 is 23.6 Å². The van der Waals surface area contributed by atoms with Crippen molar-refractivity contribution < 1.29 is 22.8 Å². The van der Waals surface area contributed by atoms with E-state index >= 15 is 0 Å². The summed E-state index contributed by atoms with van der Waals surface area (Å²) in [5, 5.41) is 4.59. The van der Waals surface area contributed by atoms with E-state index in [1.54, 1.807) is 12.1 Å². The molecular weight excluding hydrogens is 371 g/mol. The van der Waals surface area contributed by atoms with E-state index in [-0.39, 0.29) is 23.2 Å². The number of amides is 2. The molecule has 150 valence electrons. The van der Waals surface area contributed by atoms with Crippen molar-refractivity contribution in [2.24, 2.45) is 5.73 Å². The molecule has 5 nitrogen and oxygen atoms in total. The number of nitrogens with two attached hydrogens (primary N) is 1. The molecule has 0 unspecified atom stereocenters. The van der Waals surface area contributed by atoms with Gasteiger partial charge in [-0.2, -0.15) is 13.2 Å². The van der Waals surface area contributed by atoms with Crippen LogP contribution in [0.5, 0.6) is 0 Å². The fraction of sp³-hybridized carbons (Fsp3) is 0.300. The van der Waals surface area contributed by atoms with Gasteiger partial charge in [0.05, 0.1) is 5.56 Å². The Morgan fingerprint density at radius 3 is 1.86 bits per heavy atom. The highest BCUT2D eigenvalue weighted by Crippen LogP contribution is 2.32. The highest BCUT2D eigenvalue weighted by Gasteiger charge is 2.31. The summed E-state index contributed by atoms with van der Waals surface area (Å²) < 4.78 is 38.9.